The van der Waals surface area contributed by atoms with Crippen LogP contribution in [0.1, 0.15) is 59.0 Å². The fraction of sp³-hybridized carbons (Fsp3) is 0.600. The van der Waals surface area contributed by atoms with Gasteiger partial charge in [-0.2, -0.15) is 0 Å². The highest BCUT2D eigenvalue weighted by molar-refractivity contribution is 5.96. The van der Waals surface area contributed by atoms with Crippen LogP contribution in [0.25, 0.3) is 0 Å². The Hall–Kier alpha value is -3.10. The molecule has 1 aliphatic rings. The lowest BCUT2D eigenvalue weighted by molar-refractivity contribution is -0.144. The van der Waals surface area contributed by atoms with Gasteiger partial charge in [-0.05, 0) is 45.2 Å². The van der Waals surface area contributed by atoms with Crippen LogP contribution in [0.2, 0.25) is 0 Å². The third-order valence-corrected chi connectivity index (χ3v) is 4.89. The van der Waals surface area contributed by atoms with E-state index >= 15 is 0 Å². The molecule has 1 fully saturated rings. The highest BCUT2D eigenvalue weighted by atomic mass is 16.6. The molecule has 2 heterocycles. The summed E-state index contributed by atoms with van der Waals surface area (Å²) in [6.07, 6.45) is 4.75. The number of allylic oxidation sites excluding steroid dienone is 1. The monoisotopic (exact) mass is 474 g/mol. The Balaban J connectivity index is 2.06. The van der Waals surface area contributed by atoms with Gasteiger partial charge in [0.2, 0.25) is 0 Å². The smallest absolute Gasteiger partial charge is 0.410 e. The molecule has 0 radical (unpaired) electrons. The zero-order valence-electron chi connectivity index (χ0n) is 21.4. The van der Waals surface area contributed by atoms with E-state index in [-0.39, 0.29) is 23.8 Å². The average molecular weight is 475 g/mol. The fourth-order valence-electron chi connectivity index (χ4n) is 3.23. The molecule has 0 bridgehead atoms. The van der Waals surface area contributed by atoms with Gasteiger partial charge in [0.25, 0.3) is 5.91 Å². The molecule has 0 aliphatic carbocycles. The first kappa shape index (κ1) is 27.1. The van der Waals surface area contributed by atoms with Crippen molar-refractivity contribution in [2.75, 3.05) is 37.7 Å². The number of rotatable bonds is 6. The van der Waals surface area contributed by atoms with Crippen LogP contribution in [0, 0.1) is 5.41 Å². The van der Waals surface area contributed by atoms with E-state index in [2.05, 4.69) is 15.2 Å². The maximum Gasteiger partial charge on any atom is 0.410 e. The number of pyridine rings is 1. The first-order chi connectivity index (χ1) is 15.8. The molecule has 0 spiro atoms. The van der Waals surface area contributed by atoms with Gasteiger partial charge in [-0.3, -0.25) is 9.78 Å². The van der Waals surface area contributed by atoms with Gasteiger partial charge >= 0.3 is 12.1 Å². The Morgan fingerprint density at radius 2 is 1.76 bits per heavy atom. The average Bonchev–Trinajstić information content (AvgIpc) is 2.75. The van der Waals surface area contributed by atoms with Crippen molar-refractivity contribution in [3.63, 3.8) is 0 Å². The number of anilines is 1. The number of ether oxygens (including phenoxy) is 2. The van der Waals surface area contributed by atoms with Crippen molar-refractivity contribution < 1.29 is 23.9 Å². The number of hydrogen-bond acceptors (Lipinski definition) is 7. The first-order valence-electron chi connectivity index (χ1n) is 11.6. The summed E-state index contributed by atoms with van der Waals surface area (Å²) in [5.41, 5.74) is 0.326. The quantitative estimate of drug-likeness (QED) is 0.498. The number of amides is 2. The van der Waals surface area contributed by atoms with Gasteiger partial charge in [0.15, 0.2) is 0 Å². The van der Waals surface area contributed by atoms with Crippen molar-refractivity contribution >= 4 is 23.7 Å². The van der Waals surface area contributed by atoms with Crippen LogP contribution < -0.4 is 10.2 Å². The summed E-state index contributed by atoms with van der Waals surface area (Å²) in [5, 5.41) is 2.71. The molecule has 1 unspecified atom stereocenters. The Bertz CT molecular complexity index is 893. The molecule has 0 saturated carbocycles. The molecule has 9 heteroatoms. The number of carbonyl (C=O) groups excluding carboxylic acids is 3. The molecular weight excluding hydrogens is 436 g/mol. The zero-order chi connectivity index (χ0) is 25.5. The summed E-state index contributed by atoms with van der Waals surface area (Å²) in [4.78, 5) is 45.5. The molecule has 34 heavy (non-hydrogen) atoms. The summed E-state index contributed by atoms with van der Waals surface area (Å²) in [7, 11) is 0. The van der Waals surface area contributed by atoms with Crippen LogP contribution in [0.4, 0.5) is 10.5 Å². The van der Waals surface area contributed by atoms with Crippen molar-refractivity contribution in [2.45, 2.75) is 60.1 Å². The van der Waals surface area contributed by atoms with E-state index in [1.165, 1.54) is 0 Å². The van der Waals surface area contributed by atoms with E-state index in [1.807, 2.05) is 53.7 Å². The number of aromatic nitrogens is 1. The highest BCUT2D eigenvalue weighted by Crippen LogP contribution is 2.19. The summed E-state index contributed by atoms with van der Waals surface area (Å²) in [5.74, 6) is -0.989. The van der Waals surface area contributed by atoms with Crippen molar-refractivity contribution in [1.29, 1.82) is 0 Å². The van der Waals surface area contributed by atoms with E-state index in [0.29, 0.717) is 26.2 Å². The minimum atomic E-state index is -0.908. The van der Waals surface area contributed by atoms with Crippen molar-refractivity contribution in [2.24, 2.45) is 5.41 Å². The summed E-state index contributed by atoms with van der Waals surface area (Å²) < 4.78 is 10.6. The molecule has 9 nitrogen and oxygen atoms in total. The number of hydrogen-bond donors (Lipinski definition) is 1. The lowest BCUT2D eigenvalue weighted by atomic mass is 9.95. The van der Waals surface area contributed by atoms with Gasteiger partial charge in [0, 0.05) is 38.1 Å². The van der Waals surface area contributed by atoms with Gasteiger partial charge in [-0.1, -0.05) is 32.9 Å². The van der Waals surface area contributed by atoms with E-state index in [0.717, 1.165) is 5.69 Å². The van der Waals surface area contributed by atoms with Crippen LogP contribution in [0.15, 0.2) is 30.5 Å². The Morgan fingerprint density at radius 3 is 2.32 bits per heavy atom. The third kappa shape index (κ3) is 8.68. The molecule has 1 atom stereocenters. The van der Waals surface area contributed by atoms with Gasteiger partial charge in [0.05, 0.1) is 6.61 Å². The SMILES string of the molecule is CCOC(=O)C(/C=C/C(C)(C)C)NC(=O)c1cc(N2CCN(C(=O)OC(C)(C)C)CC2)ccn1. The lowest BCUT2D eigenvalue weighted by Crippen LogP contribution is -2.50. The predicted octanol–water partition coefficient (Wildman–Crippen LogP) is 3.40. The number of esters is 1. The zero-order valence-corrected chi connectivity index (χ0v) is 21.4. The molecule has 1 N–H and O–H groups in total. The summed E-state index contributed by atoms with van der Waals surface area (Å²) in [6, 6.07) is 2.60. The minimum Gasteiger partial charge on any atom is -0.464 e. The van der Waals surface area contributed by atoms with Crippen LogP contribution in [-0.2, 0) is 14.3 Å². The van der Waals surface area contributed by atoms with Gasteiger partial charge in [0.1, 0.15) is 17.3 Å². The van der Waals surface area contributed by atoms with Crippen molar-refractivity contribution in [3.05, 3.63) is 36.2 Å². The molecule has 188 valence electrons. The Kier molecular flexibility index (Phi) is 9.06. The molecular formula is C25H38N4O5. The number of nitrogens with zero attached hydrogens (tertiary/aromatic N) is 3. The van der Waals surface area contributed by atoms with Crippen molar-refractivity contribution in [3.8, 4) is 0 Å². The largest absolute Gasteiger partial charge is 0.464 e. The predicted molar refractivity (Wildman–Crippen MR) is 131 cm³/mol. The summed E-state index contributed by atoms with van der Waals surface area (Å²) in [6.45, 7) is 15.7. The van der Waals surface area contributed by atoms with Crippen LogP contribution in [0.3, 0.4) is 0 Å². The topological polar surface area (TPSA) is 101 Å². The van der Waals surface area contributed by atoms with Crippen molar-refractivity contribution in [1.82, 2.24) is 15.2 Å². The van der Waals surface area contributed by atoms with Crippen LogP contribution in [-0.4, -0.2) is 72.3 Å². The maximum absolute atomic E-state index is 12.9. The normalized spacial score (nSPS) is 15.7. The Morgan fingerprint density at radius 1 is 1.12 bits per heavy atom. The van der Waals surface area contributed by atoms with Gasteiger partial charge in [-0.25, -0.2) is 9.59 Å². The molecule has 1 aliphatic heterocycles. The van der Waals surface area contributed by atoms with Gasteiger partial charge in [-0.15, -0.1) is 0 Å². The molecule has 2 rings (SSSR count). The molecule has 1 saturated heterocycles. The van der Waals surface area contributed by atoms with E-state index < -0.39 is 23.5 Å². The second-order valence-corrected chi connectivity index (χ2v) is 10.3. The lowest BCUT2D eigenvalue weighted by Gasteiger charge is -2.36. The van der Waals surface area contributed by atoms with Gasteiger partial charge < -0.3 is 24.6 Å². The number of nitrogens with one attached hydrogen (secondary N) is 1. The third-order valence-electron chi connectivity index (χ3n) is 4.89. The first-order valence-corrected chi connectivity index (χ1v) is 11.6. The number of carbonyl (C=O) groups is 3. The minimum absolute atomic E-state index is 0.158. The second kappa shape index (κ2) is 11.4. The standard InChI is InChI=1S/C25H38N4O5/c1-8-33-22(31)19(9-11-24(2,3)4)27-21(30)20-17-18(10-12-26-20)28-13-15-29(16-14-28)23(32)34-25(5,6)7/h9-12,17,19H,8,13-16H2,1-7H3,(H,27,30)/b11-9+. The molecule has 2 amide bonds. The van der Waals surface area contributed by atoms with E-state index in [4.69, 9.17) is 9.47 Å². The second-order valence-electron chi connectivity index (χ2n) is 10.3. The van der Waals surface area contributed by atoms with Crippen LogP contribution in [0.5, 0.6) is 0 Å². The fourth-order valence-corrected chi connectivity index (χ4v) is 3.23. The molecule has 1 aromatic heterocycles. The maximum atomic E-state index is 12.9. The number of piperazine rings is 1. The molecule has 1 aromatic rings. The van der Waals surface area contributed by atoms with Crippen LogP contribution >= 0.6 is 0 Å². The Labute approximate surface area is 202 Å². The highest BCUT2D eigenvalue weighted by Gasteiger charge is 2.27. The molecule has 0 aromatic carbocycles. The van der Waals surface area contributed by atoms with E-state index in [9.17, 15) is 14.4 Å². The summed E-state index contributed by atoms with van der Waals surface area (Å²) >= 11 is 0. The van der Waals surface area contributed by atoms with E-state index in [1.54, 1.807) is 30.2 Å².